The van der Waals surface area contributed by atoms with E-state index >= 15 is 0 Å². The van der Waals surface area contributed by atoms with Gasteiger partial charge in [-0.05, 0) is 39.2 Å². The number of aliphatic hydroxyl groups excluding tert-OH is 2. The molecular formula is C23H31N5O4. The Labute approximate surface area is 186 Å². The van der Waals surface area contributed by atoms with Gasteiger partial charge in [-0.3, -0.25) is 19.3 Å². The molecule has 1 aliphatic rings. The molecule has 1 unspecified atom stereocenters. The average Bonchev–Trinajstić information content (AvgIpc) is 3.10. The van der Waals surface area contributed by atoms with E-state index in [-0.39, 0.29) is 29.8 Å². The molecule has 0 fully saturated rings. The van der Waals surface area contributed by atoms with Crippen molar-refractivity contribution in [3.8, 4) is 5.75 Å². The number of H-pyrrole nitrogens is 1. The predicted octanol–water partition coefficient (Wildman–Crippen LogP) is 0.406. The summed E-state index contributed by atoms with van der Waals surface area (Å²) >= 11 is 0. The molecule has 0 aliphatic heterocycles. The van der Waals surface area contributed by atoms with Crippen molar-refractivity contribution in [2.24, 2.45) is 5.73 Å². The number of aromatic amines is 1. The molecule has 9 nitrogen and oxygen atoms in total. The number of phenolic OH excluding ortho intramolecular Hbond substituents is 1. The van der Waals surface area contributed by atoms with E-state index in [1.807, 2.05) is 40.6 Å². The molecule has 6 N–H and O–H groups in total. The quantitative estimate of drug-likeness (QED) is 0.325. The van der Waals surface area contributed by atoms with Gasteiger partial charge in [0.2, 0.25) is 0 Å². The topological polar surface area (TPSA) is 130 Å². The molecule has 9 heteroatoms. The molecule has 0 spiro atoms. The molecule has 1 atom stereocenters. The van der Waals surface area contributed by atoms with Crippen LogP contribution >= 0.6 is 0 Å². The van der Waals surface area contributed by atoms with E-state index in [1.54, 1.807) is 12.1 Å². The van der Waals surface area contributed by atoms with Crippen molar-refractivity contribution in [3.63, 3.8) is 0 Å². The predicted molar refractivity (Wildman–Crippen MR) is 125 cm³/mol. The number of hydrogen-bond acceptors (Lipinski definition) is 7. The third-order valence-corrected chi connectivity index (χ3v) is 6.20. The fraction of sp³-hybridized carbons (Fsp3) is 0.435. The molecular weight excluding hydrogens is 410 g/mol. The number of nitrogens with one attached hydrogen (secondary N) is 1. The maximum Gasteiger partial charge on any atom is 0.199 e. The van der Waals surface area contributed by atoms with Gasteiger partial charge in [0.15, 0.2) is 5.43 Å². The molecule has 0 saturated carbocycles. The number of benzene rings is 1. The van der Waals surface area contributed by atoms with Crippen LogP contribution in [0, 0.1) is 0 Å². The first-order valence-electron chi connectivity index (χ1n) is 10.8. The van der Waals surface area contributed by atoms with Crippen LogP contribution in [-0.4, -0.2) is 81.7 Å². The maximum absolute atomic E-state index is 13.7. The van der Waals surface area contributed by atoms with Gasteiger partial charge < -0.3 is 26.0 Å². The molecule has 4 rings (SSSR count). The van der Waals surface area contributed by atoms with Crippen LogP contribution in [0.15, 0.2) is 29.1 Å². The van der Waals surface area contributed by atoms with E-state index in [4.69, 9.17) is 5.73 Å². The lowest BCUT2D eigenvalue weighted by Crippen LogP contribution is -2.43. The summed E-state index contributed by atoms with van der Waals surface area (Å²) in [7, 11) is 3.92. The van der Waals surface area contributed by atoms with Gasteiger partial charge >= 0.3 is 0 Å². The molecule has 1 aliphatic carbocycles. The number of pyridine rings is 1. The standard InChI is InChI=1S/C23H31N5O4/c1-26(2)9-8-23(24)7-6-15-16(14-27(10-12-29)11-13-30)25-28-17-4-3-5-18(31)19(17)22(32)20(23)21(15)28/h3-7,25,29-31H,8-14,24H2,1-2H3. The zero-order chi connectivity index (χ0) is 23.0. The van der Waals surface area contributed by atoms with Gasteiger partial charge in [0.25, 0.3) is 0 Å². The van der Waals surface area contributed by atoms with Crippen LogP contribution < -0.4 is 11.2 Å². The number of phenols is 1. The second-order valence-electron chi connectivity index (χ2n) is 8.71. The minimum atomic E-state index is -0.981. The highest BCUT2D eigenvalue weighted by atomic mass is 16.3. The Hall–Kier alpha value is -2.69. The summed E-state index contributed by atoms with van der Waals surface area (Å²) in [6.07, 6.45) is 4.37. The highest BCUT2D eigenvalue weighted by Gasteiger charge is 2.36. The van der Waals surface area contributed by atoms with Crippen molar-refractivity contribution in [2.75, 3.05) is 46.9 Å². The second kappa shape index (κ2) is 8.68. The fourth-order valence-electron chi connectivity index (χ4n) is 4.56. The van der Waals surface area contributed by atoms with Gasteiger partial charge in [-0.15, -0.1) is 0 Å². The molecule has 2 aromatic heterocycles. The van der Waals surface area contributed by atoms with Crippen LogP contribution in [0.1, 0.15) is 23.2 Å². The summed E-state index contributed by atoms with van der Waals surface area (Å²) in [6, 6.07) is 5.00. The SMILES string of the molecule is CN(C)CCC1(N)C=Cc2c(CN(CCO)CCO)[nH]n3c2c1c(=O)c1c(O)cccc13. The highest BCUT2D eigenvalue weighted by molar-refractivity contribution is 5.93. The number of aliphatic hydroxyl groups is 2. The highest BCUT2D eigenvalue weighted by Crippen LogP contribution is 2.38. The Morgan fingerprint density at radius 3 is 2.53 bits per heavy atom. The summed E-state index contributed by atoms with van der Waals surface area (Å²) in [6.45, 7) is 1.91. The number of fused-ring (bicyclic) bond motifs is 2. The first-order valence-corrected chi connectivity index (χ1v) is 10.8. The van der Waals surface area contributed by atoms with Crippen molar-refractivity contribution in [3.05, 3.63) is 51.3 Å². The van der Waals surface area contributed by atoms with Crippen molar-refractivity contribution < 1.29 is 15.3 Å². The largest absolute Gasteiger partial charge is 0.507 e. The minimum Gasteiger partial charge on any atom is -0.507 e. The number of nitrogens with zero attached hydrogens (tertiary/aromatic N) is 3. The Morgan fingerprint density at radius 1 is 1.16 bits per heavy atom. The molecule has 0 radical (unpaired) electrons. The number of aromatic nitrogens is 2. The van der Waals surface area contributed by atoms with Gasteiger partial charge in [-0.25, -0.2) is 0 Å². The Kier molecular flexibility index (Phi) is 6.11. The number of rotatable bonds is 9. The third kappa shape index (κ3) is 3.72. The van der Waals surface area contributed by atoms with E-state index in [0.29, 0.717) is 49.2 Å². The summed E-state index contributed by atoms with van der Waals surface area (Å²) in [5.74, 6) is -0.0810. The molecule has 32 heavy (non-hydrogen) atoms. The normalized spacial score (nSPS) is 18.0. The monoisotopic (exact) mass is 441 g/mol. The zero-order valence-electron chi connectivity index (χ0n) is 18.5. The lowest BCUT2D eigenvalue weighted by molar-refractivity contribution is 0.154. The molecule has 0 bridgehead atoms. The average molecular weight is 442 g/mol. The summed E-state index contributed by atoms with van der Waals surface area (Å²) < 4.78 is 1.83. The zero-order valence-corrected chi connectivity index (χ0v) is 18.5. The van der Waals surface area contributed by atoms with E-state index < -0.39 is 5.54 Å². The van der Waals surface area contributed by atoms with Gasteiger partial charge in [0, 0.05) is 25.2 Å². The van der Waals surface area contributed by atoms with Gasteiger partial charge in [-0.2, -0.15) is 0 Å². The van der Waals surface area contributed by atoms with E-state index in [1.165, 1.54) is 6.07 Å². The van der Waals surface area contributed by atoms with E-state index in [0.717, 1.165) is 11.3 Å². The molecule has 1 aromatic carbocycles. The van der Waals surface area contributed by atoms with Crippen molar-refractivity contribution in [1.29, 1.82) is 0 Å². The summed E-state index contributed by atoms with van der Waals surface area (Å²) in [5.41, 5.74) is 9.02. The Bertz CT molecular complexity index is 1220. The third-order valence-electron chi connectivity index (χ3n) is 6.20. The van der Waals surface area contributed by atoms with E-state index in [2.05, 4.69) is 5.10 Å². The van der Waals surface area contributed by atoms with Crippen LogP contribution in [0.5, 0.6) is 5.75 Å². The van der Waals surface area contributed by atoms with Crippen LogP contribution in [0.3, 0.4) is 0 Å². The lowest BCUT2D eigenvalue weighted by atomic mass is 9.81. The van der Waals surface area contributed by atoms with E-state index in [9.17, 15) is 20.1 Å². The smallest absolute Gasteiger partial charge is 0.199 e. The molecule has 0 saturated heterocycles. The first kappa shape index (κ1) is 22.5. The van der Waals surface area contributed by atoms with Crippen LogP contribution in [-0.2, 0) is 12.1 Å². The fourth-order valence-corrected chi connectivity index (χ4v) is 4.56. The number of hydrogen-bond donors (Lipinski definition) is 5. The van der Waals surface area contributed by atoms with Crippen LogP contribution in [0.4, 0.5) is 0 Å². The minimum absolute atomic E-state index is 0.0260. The molecule has 2 heterocycles. The van der Waals surface area contributed by atoms with Gasteiger partial charge in [0.05, 0.1) is 46.4 Å². The van der Waals surface area contributed by atoms with Gasteiger partial charge in [-0.1, -0.05) is 18.2 Å². The van der Waals surface area contributed by atoms with Gasteiger partial charge in [0.1, 0.15) is 5.75 Å². The first-order chi connectivity index (χ1) is 15.3. The second-order valence-corrected chi connectivity index (χ2v) is 8.71. The molecule has 0 amide bonds. The molecule has 3 aromatic rings. The molecule has 172 valence electrons. The lowest BCUT2D eigenvalue weighted by Gasteiger charge is -2.31. The maximum atomic E-state index is 13.7. The van der Waals surface area contributed by atoms with Crippen LogP contribution in [0.2, 0.25) is 0 Å². The van der Waals surface area contributed by atoms with Crippen LogP contribution in [0.25, 0.3) is 22.5 Å². The Morgan fingerprint density at radius 2 is 1.88 bits per heavy atom. The summed E-state index contributed by atoms with van der Waals surface area (Å²) in [5, 5.41) is 33.0. The number of aromatic hydroxyl groups is 1. The van der Waals surface area contributed by atoms with Crippen molar-refractivity contribution in [1.82, 2.24) is 19.4 Å². The van der Waals surface area contributed by atoms with Crippen molar-refractivity contribution in [2.45, 2.75) is 18.5 Å². The Balaban J connectivity index is 1.99. The summed E-state index contributed by atoms with van der Waals surface area (Å²) in [4.78, 5) is 17.6. The number of nitrogens with two attached hydrogens (primary N) is 1. The van der Waals surface area contributed by atoms with Crippen molar-refractivity contribution >= 4 is 22.5 Å².